The van der Waals surface area contributed by atoms with Crippen molar-refractivity contribution in [3.05, 3.63) is 41.5 Å². The number of methoxy groups -OCH3 is 1. The summed E-state index contributed by atoms with van der Waals surface area (Å²) in [6.45, 7) is 2.79. The number of aryl methyl sites for hydroxylation is 1. The Morgan fingerprint density at radius 1 is 1.19 bits per heavy atom. The maximum atomic E-state index is 5.59. The summed E-state index contributed by atoms with van der Waals surface area (Å²) in [5, 5.41) is 2.42. The van der Waals surface area contributed by atoms with Gasteiger partial charge in [0.1, 0.15) is 5.75 Å². The molecule has 0 radical (unpaired) electrons. The monoisotopic (exact) mass is 215 g/mol. The number of hydrogen-bond donors (Lipinski definition) is 1. The highest BCUT2D eigenvalue weighted by Gasteiger charge is 2.05. The first-order valence-electron chi connectivity index (χ1n) is 5.52. The van der Waals surface area contributed by atoms with Crippen molar-refractivity contribution in [1.82, 2.24) is 0 Å². The van der Waals surface area contributed by atoms with E-state index in [2.05, 4.69) is 37.3 Å². The van der Waals surface area contributed by atoms with Gasteiger partial charge in [0.15, 0.2) is 0 Å². The molecule has 0 saturated carbocycles. The van der Waals surface area contributed by atoms with E-state index in [-0.39, 0.29) is 0 Å². The second-order valence-electron chi connectivity index (χ2n) is 4.01. The zero-order valence-electron chi connectivity index (χ0n) is 9.79. The van der Waals surface area contributed by atoms with Gasteiger partial charge in [0.2, 0.25) is 0 Å². The van der Waals surface area contributed by atoms with Crippen LogP contribution in [0.4, 0.5) is 0 Å². The SMILES string of the molecule is COc1cc(CCN)cc2c(C)cccc12. The Labute approximate surface area is 96.0 Å². The van der Waals surface area contributed by atoms with Gasteiger partial charge in [0.05, 0.1) is 7.11 Å². The van der Waals surface area contributed by atoms with Gasteiger partial charge in [-0.05, 0) is 42.5 Å². The molecule has 2 N–H and O–H groups in total. The molecule has 0 amide bonds. The Hall–Kier alpha value is -1.54. The summed E-state index contributed by atoms with van der Waals surface area (Å²) < 4.78 is 5.43. The fraction of sp³-hybridized carbons (Fsp3) is 0.286. The lowest BCUT2D eigenvalue weighted by atomic mass is 10.0. The van der Waals surface area contributed by atoms with Gasteiger partial charge < -0.3 is 10.5 Å². The van der Waals surface area contributed by atoms with Gasteiger partial charge in [-0.1, -0.05) is 24.3 Å². The molecule has 0 aromatic heterocycles. The van der Waals surface area contributed by atoms with E-state index in [1.807, 2.05) is 0 Å². The van der Waals surface area contributed by atoms with E-state index < -0.39 is 0 Å². The maximum Gasteiger partial charge on any atom is 0.126 e. The van der Waals surface area contributed by atoms with Crippen molar-refractivity contribution in [1.29, 1.82) is 0 Å². The van der Waals surface area contributed by atoms with Crippen LogP contribution in [0.2, 0.25) is 0 Å². The number of ether oxygens (including phenoxy) is 1. The van der Waals surface area contributed by atoms with E-state index in [0.717, 1.165) is 12.2 Å². The minimum atomic E-state index is 0.667. The summed E-state index contributed by atoms with van der Waals surface area (Å²) in [7, 11) is 1.71. The van der Waals surface area contributed by atoms with Gasteiger partial charge in [0.25, 0.3) is 0 Å². The number of nitrogens with two attached hydrogens (primary N) is 1. The zero-order valence-corrected chi connectivity index (χ0v) is 9.79. The van der Waals surface area contributed by atoms with Crippen LogP contribution in [0.3, 0.4) is 0 Å². The van der Waals surface area contributed by atoms with Gasteiger partial charge in [-0.25, -0.2) is 0 Å². The molecule has 0 saturated heterocycles. The molecule has 0 aliphatic rings. The van der Waals surface area contributed by atoms with Crippen LogP contribution in [0.25, 0.3) is 10.8 Å². The summed E-state index contributed by atoms with van der Waals surface area (Å²) in [6.07, 6.45) is 0.890. The van der Waals surface area contributed by atoms with Gasteiger partial charge in [-0.3, -0.25) is 0 Å². The molecule has 0 bridgehead atoms. The predicted molar refractivity (Wildman–Crippen MR) is 68.0 cm³/mol. The van der Waals surface area contributed by atoms with Crippen molar-refractivity contribution < 1.29 is 4.74 Å². The molecule has 2 rings (SSSR count). The zero-order chi connectivity index (χ0) is 11.5. The number of rotatable bonds is 3. The van der Waals surface area contributed by atoms with Crippen molar-refractivity contribution in [2.75, 3.05) is 13.7 Å². The van der Waals surface area contributed by atoms with E-state index in [0.29, 0.717) is 6.54 Å². The first kappa shape index (κ1) is 11.0. The van der Waals surface area contributed by atoms with Crippen LogP contribution in [0.5, 0.6) is 5.75 Å². The number of benzene rings is 2. The molecule has 84 valence electrons. The molecular formula is C14H17NO. The summed E-state index contributed by atoms with van der Waals surface area (Å²) in [6, 6.07) is 10.6. The summed E-state index contributed by atoms with van der Waals surface area (Å²) in [5.74, 6) is 0.935. The Bertz CT molecular complexity index is 505. The third kappa shape index (κ3) is 1.89. The van der Waals surface area contributed by atoms with Crippen molar-refractivity contribution >= 4 is 10.8 Å². The highest BCUT2D eigenvalue weighted by molar-refractivity contribution is 5.91. The molecule has 2 nitrogen and oxygen atoms in total. The molecule has 0 aliphatic carbocycles. The largest absolute Gasteiger partial charge is 0.496 e. The normalized spacial score (nSPS) is 10.7. The van der Waals surface area contributed by atoms with E-state index in [9.17, 15) is 0 Å². The minimum Gasteiger partial charge on any atom is -0.496 e. The molecule has 2 aromatic rings. The van der Waals surface area contributed by atoms with Crippen molar-refractivity contribution in [2.24, 2.45) is 5.73 Å². The van der Waals surface area contributed by atoms with Gasteiger partial charge in [-0.2, -0.15) is 0 Å². The molecule has 0 fully saturated rings. The molecule has 0 aliphatic heterocycles. The molecule has 0 heterocycles. The molecule has 0 atom stereocenters. The maximum absolute atomic E-state index is 5.59. The highest BCUT2D eigenvalue weighted by Crippen LogP contribution is 2.29. The average Bonchev–Trinajstić information content (AvgIpc) is 2.30. The first-order valence-corrected chi connectivity index (χ1v) is 5.52. The van der Waals surface area contributed by atoms with Crippen LogP contribution >= 0.6 is 0 Å². The predicted octanol–water partition coefficient (Wildman–Crippen LogP) is 2.66. The van der Waals surface area contributed by atoms with E-state index in [1.54, 1.807) is 7.11 Å². The Morgan fingerprint density at radius 3 is 2.69 bits per heavy atom. The fourth-order valence-electron chi connectivity index (χ4n) is 2.04. The van der Waals surface area contributed by atoms with Crippen LogP contribution in [-0.2, 0) is 6.42 Å². The Kier molecular flexibility index (Phi) is 3.11. The van der Waals surface area contributed by atoms with Crippen molar-refractivity contribution in [3.63, 3.8) is 0 Å². The van der Waals surface area contributed by atoms with E-state index in [1.165, 1.54) is 21.9 Å². The Balaban J connectivity index is 2.69. The van der Waals surface area contributed by atoms with Crippen LogP contribution in [0.1, 0.15) is 11.1 Å². The lowest BCUT2D eigenvalue weighted by Crippen LogP contribution is -2.03. The standard InChI is InChI=1S/C14H17NO/c1-10-4-3-5-12-13(10)8-11(6-7-15)9-14(12)16-2/h3-5,8-9H,6-7,15H2,1-2H3. The summed E-state index contributed by atoms with van der Waals surface area (Å²) >= 11 is 0. The topological polar surface area (TPSA) is 35.2 Å². The Morgan fingerprint density at radius 2 is 2.00 bits per heavy atom. The average molecular weight is 215 g/mol. The van der Waals surface area contributed by atoms with Crippen molar-refractivity contribution in [3.8, 4) is 5.75 Å². The highest BCUT2D eigenvalue weighted by atomic mass is 16.5. The molecule has 0 unspecified atom stereocenters. The molecular weight excluding hydrogens is 198 g/mol. The van der Waals surface area contributed by atoms with E-state index >= 15 is 0 Å². The second kappa shape index (κ2) is 4.54. The van der Waals surface area contributed by atoms with Crippen LogP contribution in [0.15, 0.2) is 30.3 Å². The quantitative estimate of drug-likeness (QED) is 0.854. The molecule has 2 heteroatoms. The molecule has 16 heavy (non-hydrogen) atoms. The first-order chi connectivity index (χ1) is 7.76. The molecule has 0 spiro atoms. The lowest BCUT2D eigenvalue weighted by molar-refractivity contribution is 0.419. The third-order valence-corrected chi connectivity index (χ3v) is 2.89. The summed E-state index contributed by atoms with van der Waals surface area (Å²) in [5.41, 5.74) is 8.10. The second-order valence-corrected chi connectivity index (χ2v) is 4.01. The number of fused-ring (bicyclic) bond motifs is 1. The van der Waals surface area contributed by atoms with Gasteiger partial charge in [-0.15, -0.1) is 0 Å². The van der Waals surface area contributed by atoms with Crippen molar-refractivity contribution in [2.45, 2.75) is 13.3 Å². The minimum absolute atomic E-state index is 0.667. The van der Waals surface area contributed by atoms with Crippen LogP contribution in [0, 0.1) is 6.92 Å². The van der Waals surface area contributed by atoms with E-state index in [4.69, 9.17) is 10.5 Å². The fourth-order valence-corrected chi connectivity index (χ4v) is 2.04. The third-order valence-electron chi connectivity index (χ3n) is 2.89. The number of hydrogen-bond acceptors (Lipinski definition) is 2. The smallest absolute Gasteiger partial charge is 0.126 e. The van der Waals surface area contributed by atoms with Gasteiger partial charge in [0, 0.05) is 5.39 Å². The lowest BCUT2D eigenvalue weighted by Gasteiger charge is -2.10. The summed E-state index contributed by atoms with van der Waals surface area (Å²) in [4.78, 5) is 0. The van der Waals surface area contributed by atoms with Crippen LogP contribution in [-0.4, -0.2) is 13.7 Å². The van der Waals surface area contributed by atoms with Crippen LogP contribution < -0.4 is 10.5 Å². The van der Waals surface area contributed by atoms with Gasteiger partial charge >= 0.3 is 0 Å². The molecule has 2 aromatic carbocycles.